The molecule has 7 heteroatoms. The summed E-state index contributed by atoms with van der Waals surface area (Å²) in [5.74, 6) is 1.13. The molecule has 5 rings (SSSR count). The molecule has 4 heterocycles. The lowest BCUT2D eigenvalue weighted by Gasteiger charge is -2.37. The molecule has 0 bridgehead atoms. The number of nitrogens with zero attached hydrogens (tertiary/aromatic N) is 4. The lowest BCUT2D eigenvalue weighted by molar-refractivity contribution is 0.227. The van der Waals surface area contributed by atoms with E-state index in [-0.39, 0.29) is 10.7 Å². The van der Waals surface area contributed by atoms with Crippen LogP contribution < -0.4 is 0 Å². The first kappa shape index (κ1) is 15.5. The van der Waals surface area contributed by atoms with Gasteiger partial charge in [0, 0.05) is 43.0 Å². The minimum absolute atomic E-state index is 0.0377. The summed E-state index contributed by atoms with van der Waals surface area (Å²) in [6.45, 7) is 2.22. The maximum absolute atomic E-state index is 12.5. The second kappa shape index (κ2) is 5.38. The molecule has 0 amide bonds. The fourth-order valence-electron chi connectivity index (χ4n) is 4.43. The van der Waals surface area contributed by atoms with E-state index in [4.69, 9.17) is 4.98 Å². The number of rotatable bonds is 3. The van der Waals surface area contributed by atoms with E-state index < -0.39 is 10.0 Å². The number of pyridine rings is 1. The van der Waals surface area contributed by atoms with Crippen molar-refractivity contribution in [2.45, 2.75) is 49.3 Å². The minimum atomic E-state index is -3.05. The fraction of sp³-hybridized carbons (Fsp3) is 0.556. The van der Waals surface area contributed by atoms with Crippen LogP contribution in [-0.2, 0) is 22.0 Å². The highest BCUT2D eigenvalue weighted by Crippen LogP contribution is 2.45. The summed E-state index contributed by atoms with van der Waals surface area (Å²) < 4.78 is 29.0. The number of aromatic nitrogens is 3. The SMILES string of the molecule is O=S(=O)(C1CC1)N1CCC2(CC1)CCn1c(-c3cccnc3)cnc12. The molecule has 1 saturated heterocycles. The van der Waals surface area contributed by atoms with Gasteiger partial charge in [-0.3, -0.25) is 4.98 Å². The molecule has 25 heavy (non-hydrogen) atoms. The molecule has 3 aliphatic rings. The van der Waals surface area contributed by atoms with Gasteiger partial charge in [-0.15, -0.1) is 0 Å². The Balaban J connectivity index is 1.41. The summed E-state index contributed by atoms with van der Waals surface area (Å²) in [5, 5.41) is -0.107. The maximum atomic E-state index is 12.5. The van der Waals surface area contributed by atoms with Crippen LogP contribution in [0.5, 0.6) is 0 Å². The largest absolute Gasteiger partial charge is 0.327 e. The zero-order valence-corrected chi connectivity index (χ0v) is 15.0. The number of fused-ring (bicyclic) bond motifs is 2. The highest BCUT2D eigenvalue weighted by Gasteiger charge is 2.48. The van der Waals surface area contributed by atoms with E-state index in [0.29, 0.717) is 13.1 Å². The van der Waals surface area contributed by atoms with E-state index in [1.165, 1.54) is 0 Å². The number of hydrogen-bond donors (Lipinski definition) is 0. The first-order valence-corrected chi connectivity index (χ1v) is 10.6. The number of piperidine rings is 1. The average Bonchev–Trinajstić information content (AvgIpc) is 3.33. The molecule has 0 N–H and O–H groups in total. The van der Waals surface area contributed by atoms with Crippen LogP contribution in [0.3, 0.4) is 0 Å². The second-order valence-corrected chi connectivity index (χ2v) is 9.75. The molecule has 1 saturated carbocycles. The Morgan fingerprint density at radius 2 is 1.84 bits per heavy atom. The Labute approximate surface area is 147 Å². The summed E-state index contributed by atoms with van der Waals surface area (Å²) in [7, 11) is -3.05. The van der Waals surface area contributed by atoms with E-state index in [1.54, 1.807) is 10.5 Å². The van der Waals surface area contributed by atoms with Crippen LogP contribution in [0.2, 0.25) is 0 Å². The van der Waals surface area contributed by atoms with Gasteiger partial charge in [-0.25, -0.2) is 17.7 Å². The van der Waals surface area contributed by atoms with Crippen molar-refractivity contribution in [1.29, 1.82) is 0 Å². The summed E-state index contributed by atoms with van der Waals surface area (Å²) in [5.41, 5.74) is 2.25. The van der Waals surface area contributed by atoms with Crippen LogP contribution in [0.25, 0.3) is 11.3 Å². The molecular weight excluding hydrogens is 336 g/mol. The quantitative estimate of drug-likeness (QED) is 0.843. The van der Waals surface area contributed by atoms with Gasteiger partial charge in [0.2, 0.25) is 10.0 Å². The Hall–Kier alpha value is -1.73. The predicted octanol–water partition coefficient (Wildman–Crippen LogP) is 2.17. The molecule has 2 fully saturated rings. The average molecular weight is 358 g/mol. The van der Waals surface area contributed by atoms with Gasteiger partial charge in [-0.05, 0) is 44.2 Å². The molecule has 2 aliphatic heterocycles. The third kappa shape index (κ3) is 2.36. The Bertz CT molecular complexity index is 894. The van der Waals surface area contributed by atoms with Crippen molar-refractivity contribution in [3.63, 3.8) is 0 Å². The molecule has 1 spiro atoms. The molecule has 0 atom stereocenters. The van der Waals surface area contributed by atoms with Crippen molar-refractivity contribution in [3.8, 4) is 11.3 Å². The Morgan fingerprint density at radius 1 is 1.08 bits per heavy atom. The third-order valence-corrected chi connectivity index (χ3v) is 8.49. The second-order valence-electron chi connectivity index (χ2n) is 7.53. The van der Waals surface area contributed by atoms with Gasteiger partial charge in [0.25, 0.3) is 0 Å². The predicted molar refractivity (Wildman–Crippen MR) is 94.5 cm³/mol. The zero-order valence-electron chi connectivity index (χ0n) is 14.1. The molecule has 0 aromatic carbocycles. The first-order valence-electron chi connectivity index (χ1n) is 9.06. The van der Waals surface area contributed by atoms with E-state index >= 15 is 0 Å². The minimum Gasteiger partial charge on any atom is -0.327 e. The van der Waals surface area contributed by atoms with Crippen molar-refractivity contribution < 1.29 is 8.42 Å². The van der Waals surface area contributed by atoms with Crippen LogP contribution in [-0.4, -0.2) is 45.6 Å². The van der Waals surface area contributed by atoms with Crippen molar-refractivity contribution in [2.24, 2.45) is 0 Å². The van der Waals surface area contributed by atoms with Gasteiger partial charge in [-0.1, -0.05) is 0 Å². The maximum Gasteiger partial charge on any atom is 0.216 e. The molecule has 0 radical (unpaired) electrons. The molecular formula is C18H22N4O2S. The third-order valence-electron chi connectivity index (χ3n) is 6.09. The van der Waals surface area contributed by atoms with Gasteiger partial charge in [0.1, 0.15) is 5.82 Å². The van der Waals surface area contributed by atoms with Gasteiger partial charge in [0.05, 0.1) is 17.1 Å². The summed E-state index contributed by atoms with van der Waals surface area (Å²) in [4.78, 5) is 8.97. The summed E-state index contributed by atoms with van der Waals surface area (Å²) in [6.07, 6.45) is 10.1. The summed E-state index contributed by atoms with van der Waals surface area (Å²) in [6, 6.07) is 4.01. The van der Waals surface area contributed by atoms with Gasteiger partial charge in [0.15, 0.2) is 0 Å². The van der Waals surface area contributed by atoms with Crippen LogP contribution in [0, 0.1) is 0 Å². The molecule has 132 valence electrons. The van der Waals surface area contributed by atoms with Gasteiger partial charge in [-0.2, -0.15) is 0 Å². The Morgan fingerprint density at radius 3 is 2.52 bits per heavy atom. The van der Waals surface area contributed by atoms with Crippen molar-refractivity contribution in [1.82, 2.24) is 18.8 Å². The number of hydrogen-bond acceptors (Lipinski definition) is 4. The van der Waals surface area contributed by atoms with E-state index in [9.17, 15) is 8.42 Å². The van der Waals surface area contributed by atoms with Crippen LogP contribution >= 0.6 is 0 Å². The molecule has 0 unspecified atom stereocenters. The number of sulfonamides is 1. The lowest BCUT2D eigenvalue weighted by atomic mass is 9.77. The van der Waals surface area contributed by atoms with E-state index in [2.05, 4.69) is 15.6 Å². The number of imidazole rings is 1. The van der Waals surface area contributed by atoms with Crippen LogP contribution in [0.1, 0.15) is 37.9 Å². The first-order chi connectivity index (χ1) is 12.1. The van der Waals surface area contributed by atoms with Crippen LogP contribution in [0.15, 0.2) is 30.7 Å². The summed E-state index contributed by atoms with van der Waals surface area (Å²) >= 11 is 0. The van der Waals surface area contributed by atoms with E-state index in [0.717, 1.165) is 55.7 Å². The van der Waals surface area contributed by atoms with Crippen LogP contribution in [0.4, 0.5) is 0 Å². The smallest absolute Gasteiger partial charge is 0.216 e. The van der Waals surface area contributed by atoms with E-state index in [1.807, 2.05) is 18.5 Å². The molecule has 1 aliphatic carbocycles. The van der Waals surface area contributed by atoms with Crippen molar-refractivity contribution in [2.75, 3.05) is 13.1 Å². The molecule has 6 nitrogen and oxygen atoms in total. The topological polar surface area (TPSA) is 68.1 Å². The highest BCUT2D eigenvalue weighted by atomic mass is 32.2. The molecule has 2 aromatic heterocycles. The monoisotopic (exact) mass is 358 g/mol. The van der Waals surface area contributed by atoms with Gasteiger partial charge >= 0.3 is 0 Å². The standard InChI is InChI=1S/C18H22N4O2S/c23-25(24,15-3-4-15)21-9-5-18(6-10-21)7-11-22-16(13-20-17(18)22)14-2-1-8-19-12-14/h1-2,8,12-13,15H,3-7,9-11H2. The van der Waals surface area contributed by atoms with Gasteiger partial charge < -0.3 is 4.57 Å². The molecule has 2 aromatic rings. The normalized spacial score (nSPS) is 23.0. The lowest BCUT2D eigenvalue weighted by Crippen LogP contribution is -2.45. The highest BCUT2D eigenvalue weighted by molar-refractivity contribution is 7.90. The fourth-order valence-corrected chi connectivity index (χ4v) is 6.27. The van der Waals surface area contributed by atoms with Crippen molar-refractivity contribution in [3.05, 3.63) is 36.5 Å². The Kier molecular flexibility index (Phi) is 3.34. The van der Waals surface area contributed by atoms with Crippen molar-refractivity contribution >= 4 is 10.0 Å². The zero-order chi connectivity index (χ0) is 17.1.